The Bertz CT molecular complexity index is 594. The first-order valence-corrected chi connectivity index (χ1v) is 9.52. The van der Waals surface area contributed by atoms with Gasteiger partial charge in [0, 0.05) is 32.7 Å². The Morgan fingerprint density at radius 3 is 2.43 bits per heavy atom. The zero-order chi connectivity index (χ0) is 19.6. The summed E-state index contributed by atoms with van der Waals surface area (Å²) in [7, 11) is 3.68. The molecule has 28 heavy (non-hydrogen) atoms. The lowest BCUT2D eigenvalue weighted by molar-refractivity contribution is -0.138. The van der Waals surface area contributed by atoms with Crippen molar-refractivity contribution >= 4 is 24.3 Å². The maximum absolute atomic E-state index is 12.4. The molecule has 0 bridgehead atoms. The van der Waals surface area contributed by atoms with Gasteiger partial charge in [0.25, 0.3) is 0 Å². The number of piperidine rings is 1. The number of aliphatic carboxylic acids is 1. The first kappa shape index (κ1) is 24.2. The van der Waals surface area contributed by atoms with E-state index in [9.17, 15) is 9.59 Å². The molecule has 1 amide bonds. The highest BCUT2D eigenvalue weighted by molar-refractivity contribution is 5.85. The lowest BCUT2D eigenvalue weighted by Gasteiger charge is -2.36. The predicted molar refractivity (Wildman–Crippen MR) is 111 cm³/mol. The molecular formula is C20H32ClN3O4. The van der Waals surface area contributed by atoms with Gasteiger partial charge < -0.3 is 14.7 Å². The van der Waals surface area contributed by atoms with Gasteiger partial charge >= 0.3 is 5.97 Å². The number of likely N-dealkylation sites (tertiary alicyclic amines) is 1. The van der Waals surface area contributed by atoms with E-state index in [0.29, 0.717) is 19.7 Å². The van der Waals surface area contributed by atoms with E-state index < -0.39 is 5.97 Å². The normalized spacial score (nSPS) is 15.1. The number of rotatable bonds is 10. The standard InChI is InChI=1S/C20H31N3O4.ClH/c1-21(11-6-14-27-18-7-4-3-5-8-18)19(24)15-23-12-9-17(10-13-23)22(2)16-20(25)26;/h3-5,7-8,17H,6,9-16H2,1-2H3,(H,25,26);1H. The number of hydrogen-bond donors (Lipinski definition) is 1. The fraction of sp³-hybridized carbons (Fsp3) is 0.600. The lowest BCUT2D eigenvalue weighted by Crippen LogP contribution is -2.47. The number of nitrogens with zero attached hydrogens (tertiary/aromatic N) is 3. The Labute approximate surface area is 173 Å². The van der Waals surface area contributed by atoms with Crippen molar-refractivity contribution in [3.63, 3.8) is 0 Å². The number of halogens is 1. The van der Waals surface area contributed by atoms with E-state index in [1.165, 1.54) is 0 Å². The van der Waals surface area contributed by atoms with Crippen LogP contribution in [0, 0.1) is 0 Å². The van der Waals surface area contributed by atoms with E-state index in [2.05, 4.69) is 4.90 Å². The molecule has 0 saturated carbocycles. The summed E-state index contributed by atoms with van der Waals surface area (Å²) in [5.41, 5.74) is 0. The third-order valence-corrected chi connectivity index (χ3v) is 5.00. The smallest absolute Gasteiger partial charge is 0.317 e. The number of benzene rings is 1. The molecular weight excluding hydrogens is 382 g/mol. The van der Waals surface area contributed by atoms with E-state index in [4.69, 9.17) is 9.84 Å². The number of para-hydroxylation sites is 1. The summed E-state index contributed by atoms with van der Waals surface area (Å²) in [6, 6.07) is 9.95. The maximum atomic E-state index is 12.4. The minimum absolute atomic E-state index is 0. The highest BCUT2D eigenvalue weighted by Crippen LogP contribution is 2.15. The molecule has 1 fully saturated rings. The van der Waals surface area contributed by atoms with Crippen molar-refractivity contribution in [3.8, 4) is 5.75 Å². The number of carboxylic acids is 1. The first-order valence-electron chi connectivity index (χ1n) is 9.52. The van der Waals surface area contributed by atoms with Crippen LogP contribution in [-0.2, 0) is 9.59 Å². The zero-order valence-corrected chi connectivity index (χ0v) is 17.6. The second-order valence-corrected chi connectivity index (χ2v) is 7.15. The fourth-order valence-electron chi connectivity index (χ4n) is 3.31. The van der Waals surface area contributed by atoms with Crippen LogP contribution >= 0.6 is 12.4 Å². The summed E-state index contributed by atoms with van der Waals surface area (Å²) >= 11 is 0. The van der Waals surface area contributed by atoms with Gasteiger partial charge in [-0.3, -0.25) is 19.4 Å². The number of carbonyl (C=O) groups excluding carboxylic acids is 1. The van der Waals surface area contributed by atoms with Crippen molar-refractivity contribution < 1.29 is 19.4 Å². The van der Waals surface area contributed by atoms with Crippen LogP contribution < -0.4 is 4.74 Å². The highest BCUT2D eigenvalue weighted by Gasteiger charge is 2.25. The molecule has 1 heterocycles. The molecule has 1 aromatic carbocycles. The van der Waals surface area contributed by atoms with Crippen molar-refractivity contribution in [1.29, 1.82) is 0 Å². The molecule has 0 aromatic heterocycles. The number of ether oxygens (including phenoxy) is 1. The molecule has 2 rings (SSSR count). The summed E-state index contributed by atoms with van der Waals surface area (Å²) < 4.78 is 5.65. The van der Waals surface area contributed by atoms with Crippen LogP contribution in [0.2, 0.25) is 0 Å². The van der Waals surface area contributed by atoms with Gasteiger partial charge in [-0.1, -0.05) is 18.2 Å². The van der Waals surface area contributed by atoms with Gasteiger partial charge in [-0.25, -0.2) is 0 Å². The minimum atomic E-state index is -0.798. The number of carboxylic acid groups (broad SMARTS) is 1. The molecule has 1 N–H and O–H groups in total. The minimum Gasteiger partial charge on any atom is -0.494 e. The molecule has 0 unspecified atom stereocenters. The molecule has 8 heteroatoms. The molecule has 7 nitrogen and oxygen atoms in total. The summed E-state index contributed by atoms with van der Waals surface area (Å²) in [6.45, 7) is 3.39. The van der Waals surface area contributed by atoms with Crippen LogP contribution in [-0.4, -0.2) is 91.2 Å². The predicted octanol–water partition coefficient (Wildman–Crippen LogP) is 1.82. The van der Waals surface area contributed by atoms with Crippen LogP contribution in [0.1, 0.15) is 19.3 Å². The van der Waals surface area contributed by atoms with E-state index in [-0.39, 0.29) is 30.9 Å². The quantitative estimate of drug-likeness (QED) is 0.590. The summed E-state index contributed by atoms with van der Waals surface area (Å²) in [5, 5.41) is 8.89. The number of hydrogen-bond acceptors (Lipinski definition) is 5. The highest BCUT2D eigenvalue weighted by atomic mass is 35.5. The van der Waals surface area contributed by atoms with Gasteiger partial charge in [0.2, 0.25) is 5.91 Å². The lowest BCUT2D eigenvalue weighted by atomic mass is 10.0. The number of likely N-dealkylation sites (N-methyl/N-ethyl adjacent to an activating group) is 2. The first-order chi connectivity index (χ1) is 13.0. The zero-order valence-electron chi connectivity index (χ0n) is 16.7. The molecule has 1 aromatic rings. The molecule has 0 atom stereocenters. The molecule has 1 aliphatic heterocycles. The van der Waals surface area contributed by atoms with E-state index in [1.54, 1.807) is 4.90 Å². The van der Waals surface area contributed by atoms with Gasteiger partial charge in [-0.05, 0) is 38.4 Å². The topological polar surface area (TPSA) is 73.3 Å². The average molecular weight is 414 g/mol. The average Bonchev–Trinajstić information content (AvgIpc) is 2.66. The van der Waals surface area contributed by atoms with Crippen LogP contribution in [0.5, 0.6) is 5.75 Å². The fourth-order valence-corrected chi connectivity index (χ4v) is 3.31. The third kappa shape index (κ3) is 8.46. The van der Waals surface area contributed by atoms with Crippen LogP contribution in [0.4, 0.5) is 0 Å². The number of carbonyl (C=O) groups is 2. The Balaban J connectivity index is 0.00000392. The van der Waals surface area contributed by atoms with Crippen LogP contribution in [0.3, 0.4) is 0 Å². The maximum Gasteiger partial charge on any atom is 0.317 e. The monoisotopic (exact) mass is 413 g/mol. The Kier molecular flexibility index (Phi) is 10.9. The Hall–Kier alpha value is -1.83. The van der Waals surface area contributed by atoms with Gasteiger partial charge in [-0.2, -0.15) is 0 Å². The Morgan fingerprint density at radius 1 is 1.18 bits per heavy atom. The van der Waals surface area contributed by atoms with Crippen molar-refractivity contribution in [1.82, 2.24) is 14.7 Å². The number of amides is 1. The van der Waals surface area contributed by atoms with Crippen molar-refractivity contribution in [3.05, 3.63) is 30.3 Å². The summed E-state index contributed by atoms with van der Waals surface area (Å²) in [4.78, 5) is 29.0. The molecule has 0 spiro atoms. The van der Waals surface area contributed by atoms with E-state index in [1.807, 2.05) is 49.3 Å². The Morgan fingerprint density at radius 2 is 1.82 bits per heavy atom. The molecule has 158 valence electrons. The van der Waals surface area contributed by atoms with Crippen LogP contribution in [0.15, 0.2) is 30.3 Å². The van der Waals surface area contributed by atoms with Crippen LogP contribution in [0.25, 0.3) is 0 Å². The van der Waals surface area contributed by atoms with Gasteiger partial charge in [0.05, 0.1) is 19.7 Å². The van der Waals surface area contributed by atoms with Gasteiger partial charge in [-0.15, -0.1) is 12.4 Å². The molecule has 1 saturated heterocycles. The van der Waals surface area contributed by atoms with Crippen molar-refractivity contribution in [2.45, 2.75) is 25.3 Å². The van der Waals surface area contributed by atoms with E-state index in [0.717, 1.165) is 38.1 Å². The van der Waals surface area contributed by atoms with E-state index >= 15 is 0 Å². The van der Waals surface area contributed by atoms with Crippen molar-refractivity contribution in [2.24, 2.45) is 0 Å². The second kappa shape index (κ2) is 12.6. The largest absolute Gasteiger partial charge is 0.494 e. The third-order valence-electron chi connectivity index (χ3n) is 5.00. The second-order valence-electron chi connectivity index (χ2n) is 7.15. The van der Waals surface area contributed by atoms with Gasteiger partial charge in [0.15, 0.2) is 0 Å². The molecule has 0 aliphatic carbocycles. The summed E-state index contributed by atoms with van der Waals surface area (Å²) in [6.07, 6.45) is 2.58. The summed E-state index contributed by atoms with van der Waals surface area (Å²) in [5.74, 6) is 0.169. The van der Waals surface area contributed by atoms with Crippen molar-refractivity contribution in [2.75, 3.05) is 53.4 Å². The molecule has 1 aliphatic rings. The molecule has 0 radical (unpaired) electrons. The SMILES string of the molecule is CN(CCCOc1ccccc1)C(=O)CN1CCC(N(C)CC(=O)O)CC1.Cl. The van der Waals surface area contributed by atoms with Gasteiger partial charge in [0.1, 0.15) is 5.75 Å².